The Morgan fingerprint density at radius 1 is 1.27 bits per heavy atom. The minimum Gasteiger partial charge on any atom is -0.504 e. The summed E-state index contributed by atoms with van der Waals surface area (Å²) in [6.45, 7) is 12.1. The highest BCUT2D eigenvalue weighted by Crippen LogP contribution is 2.65. The van der Waals surface area contributed by atoms with Crippen molar-refractivity contribution in [1.29, 1.82) is 0 Å². The van der Waals surface area contributed by atoms with Crippen LogP contribution in [-0.4, -0.2) is 66.0 Å². The molecule has 0 aromatic heterocycles. The van der Waals surface area contributed by atoms with Crippen molar-refractivity contribution in [3.8, 4) is 17.2 Å². The van der Waals surface area contributed by atoms with Crippen LogP contribution in [0.3, 0.4) is 0 Å². The monoisotopic (exact) mass is 512 g/mol. The lowest BCUT2D eigenvalue weighted by molar-refractivity contribution is -0.159. The summed E-state index contributed by atoms with van der Waals surface area (Å²) in [5.41, 5.74) is 1.69. The smallest absolute Gasteiger partial charge is 0.323 e. The fraction of sp³-hybridized carbons (Fsp3) is 0.767. The van der Waals surface area contributed by atoms with Crippen LogP contribution in [0, 0.1) is 17.8 Å². The van der Waals surface area contributed by atoms with Crippen LogP contribution < -0.4 is 14.8 Å². The SMILES string of the molecule is COc1cc(O)c2c3c1C[C@@H]1[C@@H]4CC[C@H](N[C@@H](C(=O)OC(C)(C)C)C(C)C)[C@H](O2)[C@]34CCN1CC1CC1. The van der Waals surface area contributed by atoms with Crippen LogP contribution in [0.2, 0.25) is 0 Å². The molecule has 7 heteroatoms. The maximum absolute atomic E-state index is 13.2. The van der Waals surface area contributed by atoms with Gasteiger partial charge in [-0.1, -0.05) is 13.8 Å². The number of nitrogens with one attached hydrogen (secondary N) is 1. The Hall–Kier alpha value is -1.99. The molecule has 1 aromatic carbocycles. The first-order valence-corrected chi connectivity index (χ1v) is 14.4. The van der Waals surface area contributed by atoms with E-state index in [4.69, 9.17) is 14.2 Å². The zero-order valence-electron chi connectivity index (χ0n) is 23.3. The summed E-state index contributed by atoms with van der Waals surface area (Å²) in [7, 11) is 1.70. The number of piperidine rings is 1. The van der Waals surface area contributed by atoms with E-state index in [0.29, 0.717) is 17.7 Å². The molecule has 0 radical (unpaired) electrons. The molecule has 37 heavy (non-hydrogen) atoms. The Bertz CT molecular complexity index is 1080. The lowest BCUT2D eigenvalue weighted by Gasteiger charge is -2.60. The van der Waals surface area contributed by atoms with E-state index in [1.54, 1.807) is 13.2 Å². The van der Waals surface area contributed by atoms with Gasteiger partial charge in [-0.15, -0.1) is 0 Å². The second kappa shape index (κ2) is 8.77. The summed E-state index contributed by atoms with van der Waals surface area (Å²) in [5.74, 6) is 2.79. The van der Waals surface area contributed by atoms with E-state index in [0.717, 1.165) is 43.9 Å². The number of phenols is 1. The maximum Gasteiger partial charge on any atom is 0.323 e. The minimum absolute atomic E-state index is 0.00412. The van der Waals surface area contributed by atoms with E-state index >= 15 is 0 Å². The van der Waals surface area contributed by atoms with Crippen molar-refractivity contribution in [2.75, 3.05) is 20.2 Å². The molecule has 7 nitrogen and oxygen atoms in total. The molecule has 6 atom stereocenters. The Morgan fingerprint density at radius 2 is 2.03 bits per heavy atom. The van der Waals surface area contributed by atoms with E-state index in [1.807, 2.05) is 20.8 Å². The van der Waals surface area contributed by atoms with Gasteiger partial charge in [-0.3, -0.25) is 15.0 Å². The molecule has 0 amide bonds. The van der Waals surface area contributed by atoms with Crippen molar-refractivity contribution in [1.82, 2.24) is 10.2 Å². The second-order valence-electron chi connectivity index (χ2n) is 13.5. The van der Waals surface area contributed by atoms with Crippen molar-refractivity contribution >= 4 is 5.97 Å². The molecule has 2 aliphatic heterocycles. The molecular weight excluding hydrogens is 468 g/mol. The summed E-state index contributed by atoms with van der Waals surface area (Å²) in [5, 5.41) is 14.8. The quantitative estimate of drug-likeness (QED) is 0.531. The molecule has 204 valence electrons. The van der Waals surface area contributed by atoms with Gasteiger partial charge in [0.05, 0.1) is 7.11 Å². The number of methoxy groups -OCH3 is 1. The number of phenolic OH excluding ortho intramolecular Hbond substituents is 1. The highest BCUT2D eigenvalue weighted by molar-refractivity contribution is 5.76. The number of ether oxygens (including phenoxy) is 3. The number of carbonyl (C=O) groups is 1. The number of hydrogen-bond donors (Lipinski definition) is 2. The van der Waals surface area contributed by atoms with Crippen molar-refractivity contribution in [2.24, 2.45) is 17.8 Å². The Balaban J connectivity index is 1.38. The average Bonchev–Trinajstić information content (AvgIpc) is 3.57. The van der Waals surface area contributed by atoms with Crippen LogP contribution in [0.5, 0.6) is 17.2 Å². The van der Waals surface area contributed by atoms with Gasteiger partial charge >= 0.3 is 5.97 Å². The number of carbonyl (C=O) groups excluding carboxylic acids is 1. The van der Waals surface area contributed by atoms with Gasteiger partial charge < -0.3 is 19.3 Å². The summed E-state index contributed by atoms with van der Waals surface area (Å²) in [4.78, 5) is 16.0. The van der Waals surface area contributed by atoms with Crippen LogP contribution in [0.1, 0.15) is 77.8 Å². The van der Waals surface area contributed by atoms with E-state index in [1.165, 1.54) is 30.5 Å². The number of likely N-dealkylation sites (tertiary alicyclic amines) is 1. The zero-order valence-corrected chi connectivity index (χ0v) is 23.3. The number of aromatic hydroxyl groups is 1. The summed E-state index contributed by atoms with van der Waals surface area (Å²) in [6.07, 6.45) is 6.57. The Morgan fingerprint density at radius 3 is 2.68 bits per heavy atom. The molecule has 5 aliphatic rings. The molecule has 1 aromatic rings. The minimum atomic E-state index is -0.537. The van der Waals surface area contributed by atoms with Gasteiger partial charge in [0.1, 0.15) is 23.5 Å². The molecule has 2 saturated carbocycles. The average molecular weight is 513 g/mol. The summed E-state index contributed by atoms with van der Waals surface area (Å²) in [6, 6.07) is 1.78. The normalized spacial score (nSPS) is 33.1. The zero-order chi connectivity index (χ0) is 26.3. The first kappa shape index (κ1) is 25.3. The first-order chi connectivity index (χ1) is 17.5. The molecule has 3 fully saturated rings. The molecule has 2 N–H and O–H groups in total. The third-order valence-electron chi connectivity index (χ3n) is 9.65. The fourth-order valence-electron chi connectivity index (χ4n) is 8.02. The van der Waals surface area contributed by atoms with Gasteiger partial charge in [0.2, 0.25) is 0 Å². The van der Waals surface area contributed by atoms with Crippen molar-refractivity contribution in [2.45, 2.75) is 108 Å². The van der Waals surface area contributed by atoms with Gasteiger partial charge in [-0.2, -0.15) is 0 Å². The number of rotatable bonds is 7. The lowest BCUT2D eigenvalue weighted by Crippen LogP contribution is -2.69. The Kier molecular flexibility index (Phi) is 6.00. The topological polar surface area (TPSA) is 80.3 Å². The van der Waals surface area contributed by atoms with Gasteiger partial charge in [0.15, 0.2) is 11.5 Å². The standard InChI is InChI=1S/C30H44N2O5/c1-16(2)25(28(34)37-29(3,4)5)31-20-10-9-19-21-13-18-23(35-6)14-22(33)26-24(18)30(19,27(20)36-26)11-12-32(21)15-17-7-8-17/h14,16-17,19-21,25,27,31,33H,7-13,15H2,1-6H3/t19-,20-,21+,25+,27-,30-/m0/s1. The molecule has 3 aliphatic carbocycles. The van der Waals surface area contributed by atoms with E-state index in [-0.39, 0.29) is 35.2 Å². The predicted molar refractivity (Wildman–Crippen MR) is 141 cm³/mol. The third-order valence-corrected chi connectivity index (χ3v) is 9.65. The summed E-state index contributed by atoms with van der Waals surface area (Å²) < 4.78 is 18.4. The van der Waals surface area contributed by atoms with E-state index < -0.39 is 11.6 Å². The summed E-state index contributed by atoms with van der Waals surface area (Å²) >= 11 is 0. The van der Waals surface area contributed by atoms with Crippen LogP contribution in [-0.2, 0) is 21.4 Å². The van der Waals surface area contributed by atoms with Crippen molar-refractivity contribution in [3.05, 3.63) is 17.2 Å². The third kappa shape index (κ3) is 4.03. The molecule has 1 spiro atoms. The van der Waals surface area contributed by atoms with Crippen molar-refractivity contribution in [3.63, 3.8) is 0 Å². The van der Waals surface area contributed by atoms with Crippen LogP contribution in [0.4, 0.5) is 0 Å². The number of nitrogens with zero attached hydrogens (tertiary/aromatic N) is 1. The Labute approximate surface area is 221 Å². The largest absolute Gasteiger partial charge is 0.504 e. The highest BCUT2D eigenvalue weighted by atomic mass is 16.6. The highest BCUT2D eigenvalue weighted by Gasteiger charge is 2.66. The second-order valence-corrected chi connectivity index (χ2v) is 13.5. The predicted octanol–water partition coefficient (Wildman–Crippen LogP) is 4.17. The first-order valence-electron chi connectivity index (χ1n) is 14.4. The van der Waals surface area contributed by atoms with Gasteiger partial charge in [-0.05, 0) is 83.6 Å². The van der Waals surface area contributed by atoms with E-state index in [9.17, 15) is 9.90 Å². The fourth-order valence-corrected chi connectivity index (χ4v) is 8.02. The lowest BCUT2D eigenvalue weighted by atomic mass is 9.51. The van der Waals surface area contributed by atoms with Crippen LogP contribution >= 0.6 is 0 Å². The van der Waals surface area contributed by atoms with Crippen LogP contribution in [0.25, 0.3) is 0 Å². The molecule has 2 heterocycles. The molecule has 1 saturated heterocycles. The molecule has 0 unspecified atom stereocenters. The van der Waals surface area contributed by atoms with Crippen LogP contribution in [0.15, 0.2) is 6.07 Å². The van der Waals surface area contributed by atoms with Gasteiger partial charge in [0.25, 0.3) is 0 Å². The van der Waals surface area contributed by atoms with Crippen molar-refractivity contribution < 1.29 is 24.1 Å². The molecular formula is C30H44N2O5. The maximum atomic E-state index is 13.2. The van der Waals surface area contributed by atoms with E-state index in [2.05, 4.69) is 24.1 Å². The number of benzene rings is 1. The number of hydrogen-bond acceptors (Lipinski definition) is 7. The number of esters is 1. The van der Waals surface area contributed by atoms with Gasteiger partial charge in [0, 0.05) is 41.2 Å². The van der Waals surface area contributed by atoms with Gasteiger partial charge in [-0.25, -0.2) is 0 Å². The molecule has 6 rings (SSSR count). The molecule has 2 bridgehead atoms.